The molecule has 0 aromatic heterocycles. The van der Waals surface area contributed by atoms with Crippen molar-refractivity contribution >= 4 is 5.91 Å². The van der Waals surface area contributed by atoms with Crippen LogP contribution in [-0.4, -0.2) is 23.4 Å². The summed E-state index contributed by atoms with van der Waals surface area (Å²) < 4.78 is 0. The Balaban J connectivity index is 2.13. The first-order chi connectivity index (χ1) is 7.29. The minimum Gasteiger partial charge on any atom is -0.336 e. The van der Waals surface area contributed by atoms with Gasteiger partial charge in [-0.2, -0.15) is 0 Å². The van der Waals surface area contributed by atoms with Crippen LogP contribution in [0.5, 0.6) is 0 Å². The van der Waals surface area contributed by atoms with Crippen LogP contribution in [0.2, 0.25) is 0 Å². The zero-order valence-corrected chi connectivity index (χ0v) is 9.15. The number of hydrogen-bond donors (Lipinski definition) is 0. The van der Waals surface area contributed by atoms with Gasteiger partial charge in [-0.05, 0) is 38.3 Å². The zero-order valence-electron chi connectivity index (χ0n) is 9.15. The van der Waals surface area contributed by atoms with Crippen LogP contribution in [0, 0.1) is 0 Å². The fraction of sp³-hybridized carbons (Fsp3) is 0.462. The van der Waals surface area contributed by atoms with E-state index in [0.29, 0.717) is 6.04 Å². The maximum atomic E-state index is 12.1. The van der Waals surface area contributed by atoms with Crippen LogP contribution in [0.1, 0.15) is 36.5 Å². The summed E-state index contributed by atoms with van der Waals surface area (Å²) in [7, 11) is 0. The minimum atomic E-state index is 0.183. The van der Waals surface area contributed by atoms with Crippen molar-refractivity contribution in [3.8, 4) is 0 Å². The standard InChI is InChI=1S/C13H17NO/c1-11-7-5-6-10-14(11)13(15)12-8-3-2-4-9-12/h2-4,8-9,11H,5-7,10H2,1H3/t11-/m1/s1. The summed E-state index contributed by atoms with van der Waals surface area (Å²) >= 11 is 0. The monoisotopic (exact) mass is 203 g/mol. The summed E-state index contributed by atoms with van der Waals surface area (Å²) in [5.74, 6) is 0.183. The van der Waals surface area contributed by atoms with Crippen LogP contribution in [0.25, 0.3) is 0 Å². The predicted octanol–water partition coefficient (Wildman–Crippen LogP) is 2.70. The number of piperidine rings is 1. The summed E-state index contributed by atoms with van der Waals surface area (Å²) in [6, 6.07) is 9.96. The van der Waals surface area contributed by atoms with Crippen molar-refractivity contribution in [1.82, 2.24) is 4.90 Å². The zero-order chi connectivity index (χ0) is 10.7. The van der Waals surface area contributed by atoms with E-state index in [1.165, 1.54) is 6.42 Å². The van der Waals surface area contributed by atoms with Gasteiger partial charge in [0.15, 0.2) is 0 Å². The third kappa shape index (κ3) is 2.20. The average Bonchev–Trinajstić information content (AvgIpc) is 2.30. The van der Waals surface area contributed by atoms with Crippen LogP contribution in [0.4, 0.5) is 0 Å². The van der Waals surface area contributed by atoms with Crippen LogP contribution in [0.15, 0.2) is 30.3 Å². The first kappa shape index (κ1) is 10.2. The van der Waals surface area contributed by atoms with Crippen molar-refractivity contribution in [1.29, 1.82) is 0 Å². The average molecular weight is 203 g/mol. The Labute approximate surface area is 90.9 Å². The fourth-order valence-electron chi connectivity index (χ4n) is 2.15. The lowest BCUT2D eigenvalue weighted by Crippen LogP contribution is -2.41. The van der Waals surface area contributed by atoms with Gasteiger partial charge >= 0.3 is 0 Å². The number of carbonyl (C=O) groups excluding carboxylic acids is 1. The van der Waals surface area contributed by atoms with Crippen molar-refractivity contribution in [2.75, 3.05) is 6.54 Å². The second-order valence-corrected chi connectivity index (χ2v) is 4.21. The molecule has 80 valence electrons. The Kier molecular flexibility index (Phi) is 3.05. The van der Waals surface area contributed by atoms with Gasteiger partial charge in [-0.1, -0.05) is 18.2 Å². The van der Waals surface area contributed by atoms with Crippen molar-refractivity contribution in [3.05, 3.63) is 35.9 Å². The summed E-state index contributed by atoms with van der Waals surface area (Å²) in [5, 5.41) is 0. The van der Waals surface area contributed by atoms with E-state index in [9.17, 15) is 4.79 Å². The molecule has 1 aromatic rings. The summed E-state index contributed by atoms with van der Waals surface area (Å²) in [5.41, 5.74) is 0.811. The predicted molar refractivity (Wildman–Crippen MR) is 60.8 cm³/mol. The molecule has 0 aliphatic carbocycles. The van der Waals surface area contributed by atoms with E-state index < -0.39 is 0 Å². The smallest absolute Gasteiger partial charge is 0.254 e. The van der Waals surface area contributed by atoms with Gasteiger partial charge in [0, 0.05) is 18.2 Å². The number of benzene rings is 1. The molecule has 2 rings (SSSR count). The van der Waals surface area contributed by atoms with Crippen LogP contribution in [-0.2, 0) is 0 Å². The highest BCUT2D eigenvalue weighted by Gasteiger charge is 2.23. The summed E-state index contributed by atoms with van der Waals surface area (Å²) in [6.45, 7) is 3.05. The third-order valence-electron chi connectivity index (χ3n) is 3.08. The maximum absolute atomic E-state index is 12.1. The molecule has 0 N–H and O–H groups in total. The quantitative estimate of drug-likeness (QED) is 0.687. The summed E-state index contributed by atoms with van der Waals surface area (Å²) in [6.07, 6.45) is 3.53. The number of hydrogen-bond acceptors (Lipinski definition) is 1. The fourth-order valence-corrected chi connectivity index (χ4v) is 2.15. The molecule has 2 heteroatoms. The van der Waals surface area contributed by atoms with E-state index in [0.717, 1.165) is 24.9 Å². The lowest BCUT2D eigenvalue weighted by Gasteiger charge is -2.33. The molecule has 1 aliphatic heterocycles. The molecule has 0 bridgehead atoms. The molecule has 0 radical (unpaired) electrons. The Bertz CT molecular complexity index is 334. The van der Waals surface area contributed by atoms with Crippen LogP contribution < -0.4 is 0 Å². The molecule has 2 nitrogen and oxygen atoms in total. The third-order valence-corrected chi connectivity index (χ3v) is 3.08. The molecule has 1 fully saturated rings. The number of rotatable bonds is 1. The Morgan fingerprint density at radius 3 is 2.67 bits per heavy atom. The lowest BCUT2D eigenvalue weighted by atomic mass is 10.0. The van der Waals surface area contributed by atoms with Gasteiger partial charge in [0.25, 0.3) is 5.91 Å². The van der Waals surface area contributed by atoms with E-state index in [1.54, 1.807) is 0 Å². The highest BCUT2D eigenvalue weighted by Crippen LogP contribution is 2.18. The molecular weight excluding hydrogens is 186 g/mol. The first-order valence-corrected chi connectivity index (χ1v) is 5.65. The van der Waals surface area contributed by atoms with Crippen molar-refractivity contribution in [2.45, 2.75) is 32.2 Å². The van der Waals surface area contributed by atoms with Gasteiger partial charge in [0.05, 0.1) is 0 Å². The molecule has 15 heavy (non-hydrogen) atoms. The maximum Gasteiger partial charge on any atom is 0.254 e. The highest BCUT2D eigenvalue weighted by molar-refractivity contribution is 5.94. The molecule has 0 unspecified atom stereocenters. The first-order valence-electron chi connectivity index (χ1n) is 5.65. The second kappa shape index (κ2) is 4.47. The summed E-state index contributed by atoms with van der Waals surface area (Å²) in [4.78, 5) is 14.1. The Hall–Kier alpha value is -1.31. The Morgan fingerprint density at radius 1 is 1.27 bits per heavy atom. The van der Waals surface area contributed by atoms with E-state index >= 15 is 0 Å². The molecule has 1 aliphatic rings. The molecule has 0 saturated carbocycles. The SMILES string of the molecule is C[C@@H]1CCCCN1C(=O)c1ccccc1. The van der Waals surface area contributed by atoms with E-state index in [1.807, 2.05) is 35.2 Å². The number of nitrogens with zero attached hydrogens (tertiary/aromatic N) is 1. The van der Waals surface area contributed by atoms with Gasteiger partial charge in [-0.3, -0.25) is 4.79 Å². The van der Waals surface area contributed by atoms with E-state index in [-0.39, 0.29) is 5.91 Å². The van der Waals surface area contributed by atoms with Gasteiger partial charge in [-0.25, -0.2) is 0 Å². The Morgan fingerprint density at radius 2 is 2.00 bits per heavy atom. The van der Waals surface area contributed by atoms with Crippen LogP contribution in [0.3, 0.4) is 0 Å². The normalized spacial score (nSPS) is 21.4. The van der Waals surface area contributed by atoms with Gasteiger partial charge in [0.1, 0.15) is 0 Å². The number of likely N-dealkylation sites (tertiary alicyclic amines) is 1. The number of amides is 1. The van der Waals surface area contributed by atoms with Crippen molar-refractivity contribution in [2.24, 2.45) is 0 Å². The van der Waals surface area contributed by atoms with Crippen molar-refractivity contribution in [3.63, 3.8) is 0 Å². The highest BCUT2D eigenvalue weighted by atomic mass is 16.2. The van der Waals surface area contributed by atoms with Gasteiger partial charge in [-0.15, -0.1) is 0 Å². The van der Waals surface area contributed by atoms with E-state index in [2.05, 4.69) is 6.92 Å². The van der Waals surface area contributed by atoms with Crippen molar-refractivity contribution < 1.29 is 4.79 Å². The van der Waals surface area contributed by atoms with Crippen LogP contribution >= 0.6 is 0 Å². The largest absolute Gasteiger partial charge is 0.336 e. The molecule has 1 saturated heterocycles. The van der Waals surface area contributed by atoms with Gasteiger partial charge < -0.3 is 4.90 Å². The molecule has 0 spiro atoms. The van der Waals surface area contributed by atoms with Gasteiger partial charge in [0.2, 0.25) is 0 Å². The molecule has 1 heterocycles. The number of carbonyl (C=O) groups is 1. The second-order valence-electron chi connectivity index (χ2n) is 4.21. The topological polar surface area (TPSA) is 20.3 Å². The molecule has 1 aromatic carbocycles. The molecule has 1 amide bonds. The molecular formula is C13H17NO. The minimum absolute atomic E-state index is 0.183. The van der Waals surface area contributed by atoms with E-state index in [4.69, 9.17) is 0 Å². The molecule has 1 atom stereocenters. The lowest BCUT2D eigenvalue weighted by molar-refractivity contribution is 0.0635.